The number of furan rings is 1. The van der Waals surface area contributed by atoms with Crippen molar-refractivity contribution in [3.8, 4) is 0 Å². The van der Waals surface area contributed by atoms with E-state index >= 15 is 0 Å². The maximum absolute atomic E-state index is 13.1. The van der Waals surface area contributed by atoms with E-state index in [-0.39, 0.29) is 35.1 Å². The third-order valence-electron chi connectivity index (χ3n) is 11.9. The SMILES string of the molecule is CC(=O)O[C@H]1C[C@H](OC(=O)C=C(C)C)[C@@]2(C)C3[C@@H](OC[C@@]31C)[C@@H](O)[C@@]1(C)C3=CC[C@@H](c4ccoc4)[C@]3(C)CCC21. The van der Waals surface area contributed by atoms with Gasteiger partial charge in [0.2, 0.25) is 0 Å². The van der Waals surface area contributed by atoms with Gasteiger partial charge in [-0.3, -0.25) is 4.79 Å². The van der Waals surface area contributed by atoms with Gasteiger partial charge < -0.3 is 23.7 Å². The minimum atomic E-state index is -0.739. The summed E-state index contributed by atoms with van der Waals surface area (Å²) in [6, 6.07) is 2.07. The summed E-state index contributed by atoms with van der Waals surface area (Å²) in [6.07, 6.45) is 8.50. The lowest BCUT2D eigenvalue weighted by Crippen LogP contribution is -2.73. The molecule has 0 bridgehead atoms. The number of esters is 2. The van der Waals surface area contributed by atoms with Crippen LogP contribution in [0.5, 0.6) is 0 Å². The first-order valence-electron chi connectivity index (χ1n) is 14.8. The van der Waals surface area contributed by atoms with Crippen molar-refractivity contribution in [2.75, 3.05) is 6.61 Å². The van der Waals surface area contributed by atoms with Crippen LogP contribution in [0.25, 0.3) is 0 Å². The number of carbonyl (C=O) groups excluding carboxylic acids is 2. The zero-order valence-corrected chi connectivity index (χ0v) is 24.9. The Morgan fingerprint density at radius 2 is 1.85 bits per heavy atom. The zero-order chi connectivity index (χ0) is 28.8. The number of carbonyl (C=O) groups is 2. The number of allylic oxidation sites excluding steroid dienone is 2. The molecule has 11 atom stereocenters. The van der Waals surface area contributed by atoms with Gasteiger partial charge in [-0.1, -0.05) is 44.9 Å². The number of rotatable bonds is 4. The molecule has 1 saturated heterocycles. The van der Waals surface area contributed by atoms with E-state index in [0.717, 1.165) is 24.8 Å². The summed E-state index contributed by atoms with van der Waals surface area (Å²) in [6.45, 7) is 14.5. The van der Waals surface area contributed by atoms with Gasteiger partial charge in [-0.2, -0.15) is 0 Å². The molecule has 1 aromatic heterocycles. The van der Waals surface area contributed by atoms with E-state index < -0.39 is 40.7 Å². The fraction of sp³-hybridized carbons (Fsp3) is 0.697. The monoisotopic (exact) mass is 552 g/mol. The molecule has 0 spiro atoms. The number of fused-ring (bicyclic) bond motifs is 4. The van der Waals surface area contributed by atoms with Crippen LogP contribution in [-0.4, -0.2) is 48.1 Å². The van der Waals surface area contributed by atoms with E-state index in [1.165, 1.54) is 24.1 Å². The minimum Gasteiger partial charge on any atom is -0.472 e. The van der Waals surface area contributed by atoms with E-state index in [0.29, 0.717) is 13.0 Å². The molecule has 1 aliphatic heterocycles. The highest BCUT2D eigenvalue weighted by Gasteiger charge is 2.77. The molecule has 1 aromatic rings. The van der Waals surface area contributed by atoms with E-state index in [1.807, 2.05) is 20.1 Å². The van der Waals surface area contributed by atoms with Crippen LogP contribution in [0.3, 0.4) is 0 Å². The Labute approximate surface area is 237 Å². The third kappa shape index (κ3) is 3.55. The lowest BCUT2D eigenvalue weighted by atomic mass is 9.36. The first kappa shape index (κ1) is 27.8. The largest absolute Gasteiger partial charge is 0.472 e. The van der Waals surface area contributed by atoms with Crippen molar-refractivity contribution in [2.24, 2.45) is 33.5 Å². The van der Waals surface area contributed by atoms with Crippen molar-refractivity contribution in [3.05, 3.63) is 47.5 Å². The van der Waals surface area contributed by atoms with Crippen molar-refractivity contribution in [3.63, 3.8) is 0 Å². The van der Waals surface area contributed by atoms with Crippen molar-refractivity contribution in [1.82, 2.24) is 0 Å². The van der Waals surface area contributed by atoms with Crippen LogP contribution in [0, 0.1) is 33.5 Å². The molecule has 6 rings (SSSR count). The first-order chi connectivity index (χ1) is 18.8. The minimum absolute atomic E-state index is 0.0440. The van der Waals surface area contributed by atoms with Crippen LogP contribution < -0.4 is 0 Å². The van der Waals surface area contributed by atoms with Gasteiger partial charge in [0.1, 0.15) is 12.2 Å². The lowest BCUT2D eigenvalue weighted by Gasteiger charge is -2.69. The van der Waals surface area contributed by atoms with Crippen LogP contribution in [0.2, 0.25) is 0 Å². The lowest BCUT2D eigenvalue weighted by molar-refractivity contribution is -0.262. The van der Waals surface area contributed by atoms with Crippen LogP contribution in [0.4, 0.5) is 0 Å². The van der Waals surface area contributed by atoms with Gasteiger partial charge in [-0.25, -0.2) is 4.79 Å². The second-order valence-electron chi connectivity index (χ2n) is 14.3. The fourth-order valence-electron chi connectivity index (χ4n) is 10.4. The number of aliphatic hydroxyl groups is 1. The Morgan fingerprint density at radius 1 is 1.10 bits per heavy atom. The summed E-state index contributed by atoms with van der Waals surface area (Å²) < 4.78 is 24.3. The standard InChI is InChI=1S/C33H44O7/c1-18(2)14-26(35)40-25-15-24(39-19(3)34)31(5)17-38-27-28(31)33(25,7)23-10-12-30(4)21(20-11-13-37-16-20)8-9-22(30)32(23,6)29(27)36/h9,11,13-14,16,21,23-25,27-29,36H,8,10,12,15,17H2,1-7H3/t21-,23?,24-,25-,27+,28?,29+,30-,31+,32-,33-/m0/s1. The van der Waals surface area contributed by atoms with Gasteiger partial charge in [-0.15, -0.1) is 0 Å². The Balaban J connectivity index is 1.47. The molecule has 3 saturated carbocycles. The van der Waals surface area contributed by atoms with E-state index in [2.05, 4.69) is 39.8 Å². The highest BCUT2D eigenvalue weighted by Crippen LogP contribution is 2.75. The summed E-state index contributed by atoms with van der Waals surface area (Å²) in [5.41, 5.74) is 1.67. The molecule has 7 nitrogen and oxygen atoms in total. The predicted octanol–water partition coefficient (Wildman–Crippen LogP) is 5.73. The molecule has 4 aliphatic carbocycles. The van der Waals surface area contributed by atoms with Crippen molar-refractivity contribution in [2.45, 2.75) is 104 Å². The molecule has 0 radical (unpaired) electrons. The maximum Gasteiger partial charge on any atom is 0.330 e. The summed E-state index contributed by atoms with van der Waals surface area (Å²) in [7, 11) is 0. The second-order valence-corrected chi connectivity index (χ2v) is 14.3. The average molecular weight is 553 g/mol. The van der Waals surface area contributed by atoms with Crippen LogP contribution in [0.15, 0.2) is 46.3 Å². The van der Waals surface area contributed by atoms with E-state index in [1.54, 1.807) is 6.26 Å². The van der Waals surface area contributed by atoms with E-state index in [9.17, 15) is 14.7 Å². The topological polar surface area (TPSA) is 95.2 Å². The molecule has 2 unspecified atom stereocenters. The molecule has 7 heteroatoms. The summed E-state index contributed by atoms with van der Waals surface area (Å²) in [5.74, 6) is -0.546. The average Bonchev–Trinajstić information content (AvgIpc) is 3.58. The quantitative estimate of drug-likeness (QED) is 0.289. The number of aliphatic hydroxyl groups excluding tert-OH is 1. The molecular weight excluding hydrogens is 508 g/mol. The molecule has 40 heavy (non-hydrogen) atoms. The number of hydrogen-bond donors (Lipinski definition) is 1. The maximum atomic E-state index is 13.1. The Kier molecular flexibility index (Phi) is 6.29. The highest BCUT2D eigenvalue weighted by atomic mass is 16.6. The summed E-state index contributed by atoms with van der Waals surface area (Å²) in [4.78, 5) is 25.4. The highest BCUT2D eigenvalue weighted by molar-refractivity contribution is 5.82. The summed E-state index contributed by atoms with van der Waals surface area (Å²) in [5, 5.41) is 12.3. The van der Waals surface area contributed by atoms with Crippen LogP contribution >= 0.6 is 0 Å². The second kappa shape index (κ2) is 9.06. The van der Waals surface area contributed by atoms with Gasteiger partial charge in [0, 0.05) is 41.6 Å². The van der Waals surface area contributed by atoms with Gasteiger partial charge >= 0.3 is 11.9 Å². The Hall–Kier alpha value is -2.38. The predicted molar refractivity (Wildman–Crippen MR) is 148 cm³/mol. The third-order valence-corrected chi connectivity index (χ3v) is 11.9. The van der Waals surface area contributed by atoms with Crippen LogP contribution in [0.1, 0.15) is 85.6 Å². The van der Waals surface area contributed by atoms with Crippen LogP contribution in [-0.2, 0) is 23.8 Å². The normalized spacial score (nSPS) is 46.9. The summed E-state index contributed by atoms with van der Waals surface area (Å²) >= 11 is 0. The molecule has 218 valence electrons. The molecule has 2 heterocycles. The fourth-order valence-corrected chi connectivity index (χ4v) is 10.4. The molecule has 1 N–H and O–H groups in total. The van der Waals surface area contributed by atoms with Gasteiger partial charge in [0.15, 0.2) is 0 Å². The molecule has 0 aromatic carbocycles. The molecule has 4 fully saturated rings. The smallest absolute Gasteiger partial charge is 0.330 e. The first-order valence-corrected chi connectivity index (χ1v) is 14.8. The van der Waals surface area contributed by atoms with Crippen molar-refractivity contribution < 1.29 is 33.3 Å². The van der Waals surface area contributed by atoms with Crippen molar-refractivity contribution >= 4 is 11.9 Å². The molecular formula is C33H44O7. The van der Waals surface area contributed by atoms with E-state index in [4.69, 9.17) is 18.6 Å². The van der Waals surface area contributed by atoms with Gasteiger partial charge in [0.05, 0.1) is 31.3 Å². The molecule has 5 aliphatic rings. The number of hydrogen-bond acceptors (Lipinski definition) is 7. The van der Waals surface area contributed by atoms with Gasteiger partial charge in [-0.05, 0) is 62.0 Å². The Bertz CT molecular complexity index is 1260. The Morgan fingerprint density at radius 3 is 2.50 bits per heavy atom. The zero-order valence-electron chi connectivity index (χ0n) is 24.9. The number of ether oxygens (including phenoxy) is 3. The molecule has 0 amide bonds. The van der Waals surface area contributed by atoms with Gasteiger partial charge in [0.25, 0.3) is 0 Å². The van der Waals surface area contributed by atoms with Crippen molar-refractivity contribution in [1.29, 1.82) is 0 Å².